The van der Waals surface area contributed by atoms with Crippen molar-refractivity contribution in [3.8, 4) is 68.3 Å². The van der Waals surface area contributed by atoms with Crippen LogP contribution in [-0.2, 0) is 0 Å². The lowest BCUT2D eigenvalue weighted by atomic mass is 10.1. The third-order valence-corrected chi connectivity index (χ3v) is 14.4. The van der Waals surface area contributed by atoms with Crippen molar-refractivity contribution < 1.29 is 0 Å². The second-order valence-electron chi connectivity index (χ2n) is 18.7. The number of hydrogen-bond acceptors (Lipinski definition) is 4. The Morgan fingerprint density at radius 3 is 1.26 bits per heavy atom. The van der Waals surface area contributed by atoms with E-state index in [1.54, 1.807) is 0 Å². The Hall–Kier alpha value is -10.2. The maximum atomic E-state index is 5.71. The van der Waals surface area contributed by atoms with Gasteiger partial charge in [-0.05, 0) is 72.8 Å². The Morgan fingerprint density at radius 1 is 0.243 bits per heavy atom. The van der Waals surface area contributed by atoms with Crippen LogP contribution in [-0.4, -0.2) is 38.2 Å². The average molecular weight is 947 g/mol. The highest BCUT2D eigenvalue weighted by atomic mass is 15.2. The van der Waals surface area contributed by atoms with E-state index in [1.165, 1.54) is 27.2 Å². The molecule has 0 N–H and O–H groups in total. The second-order valence-corrected chi connectivity index (χ2v) is 18.7. The Balaban J connectivity index is 1.01. The van der Waals surface area contributed by atoms with Crippen LogP contribution in [0.25, 0.3) is 134 Å². The fourth-order valence-corrected chi connectivity index (χ4v) is 11.2. The monoisotopic (exact) mass is 946 g/mol. The second kappa shape index (κ2) is 16.7. The van der Waals surface area contributed by atoms with E-state index < -0.39 is 0 Å². The van der Waals surface area contributed by atoms with Crippen LogP contribution < -0.4 is 0 Å². The molecule has 0 fully saturated rings. The SMILES string of the molecule is c1ccc(-c2nc(-c3ccccc3)nc(-c3cccc(-n4c5ccc6c7ccccc7n(-c7ccc(-n8c9ccccc9c9ccccc98)cc7)c6c5c5c4nc(-c4ccccc4)n5-c4ccccc4)c3)n2)cc1. The normalized spacial score (nSPS) is 11.8. The number of rotatable bonds is 8. The first-order chi connectivity index (χ1) is 36.7. The highest BCUT2D eigenvalue weighted by molar-refractivity contribution is 6.25. The first kappa shape index (κ1) is 41.6. The van der Waals surface area contributed by atoms with Crippen LogP contribution in [0.15, 0.2) is 255 Å². The zero-order valence-corrected chi connectivity index (χ0v) is 39.8. The number of fused-ring (bicyclic) bond motifs is 10. The van der Waals surface area contributed by atoms with Gasteiger partial charge in [0.1, 0.15) is 11.3 Å². The summed E-state index contributed by atoms with van der Waals surface area (Å²) in [5.41, 5.74) is 15.3. The number of hydrogen-bond donors (Lipinski definition) is 0. The van der Waals surface area contributed by atoms with Crippen molar-refractivity contribution in [2.45, 2.75) is 0 Å². The summed E-state index contributed by atoms with van der Waals surface area (Å²) >= 11 is 0. The molecule has 0 unspecified atom stereocenters. The lowest BCUT2D eigenvalue weighted by Gasteiger charge is -2.14. The summed E-state index contributed by atoms with van der Waals surface area (Å²) < 4.78 is 9.50. The summed E-state index contributed by atoms with van der Waals surface area (Å²) in [4.78, 5) is 21.0. The van der Waals surface area contributed by atoms with Crippen LogP contribution in [0.5, 0.6) is 0 Å². The molecule has 0 bridgehead atoms. The smallest absolute Gasteiger partial charge is 0.165 e. The Morgan fingerprint density at radius 2 is 0.676 bits per heavy atom. The van der Waals surface area contributed by atoms with E-state index in [-0.39, 0.29) is 0 Å². The first-order valence-corrected chi connectivity index (χ1v) is 24.9. The molecule has 0 saturated carbocycles. The van der Waals surface area contributed by atoms with E-state index in [0.29, 0.717) is 17.5 Å². The molecule has 0 amide bonds. The molecule has 5 heterocycles. The Bertz CT molecular complexity index is 4520. The van der Waals surface area contributed by atoms with Gasteiger partial charge in [-0.25, -0.2) is 19.9 Å². The van der Waals surface area contributed by atoms with Gasteiger partial charge in [-0.2, -0.15) is 0 Å². The van der Waals surface area contributed by atoms with Crippen LogP contribution in [0, 0.1) is 0 Å². The molecule has 10 aromatic carbocycles. The van der Waals surface area contributed by atoms with Crippen molar-refractivity contribution >= 4 is 65.7 Å². The molecule has 0 spiro atoms. The average Bonchev–Trinajstić information content (AvgIpc) is 4.25. The van der Waals surface area contributed by atoms with Crippen molar-refractivity contribution in [3.05, 3.63) is 255 Å². The topological polar surface area (TPSA) is 71.3 Å². The third kappa shape index (κ3) is 6.48. The minimum atomic E-state index is 0.582. The van der Waals surface area contributed by atoms with E-state index in [4.69, 9.17) is 19.9 Å². The van der Waals surface area contributed by atoms with E-state index in [0.717, 1.165) is 89.3 Å². The lowest BCUT2D eigenvalue weighted by Crippen LogP contribution is -2.01. The molecule has 0 aliphatic carbocycles. The van der Waals surface area contributed by atoms with Crippen molar-refractivity contribution in [2.24, 2.45) is 0 Å². The predicted octanol–water partition coefficient (Wildman–Crippen LogP) is 16.0. The highest BCUT2D eigenvalue weighted by Gasteiger charge is 2.28. The van der Waals surface area contributed by atoms with Crippen molar-refractivity contribution in [1.82, 2.24) is 38.2 Å². The molecule has 0 aliphatic heterocycles. The minimum Gasteiger partial charge on any atom is -0.309 e. The number of benzene rings is 10. The number of imidazole rings is 1. The van der Waals surface area contributed by atoms with Crippen LogP contribution >= 0.6 is 0 Å². The molecule has 0 atom stereocenters. The summed E-state index contributed by atoms with van der Waals surface area (Å²) in [6, 6.07) is 89.7. The first-order valence-electron chi connectivity index (χ1n) is 24.9. The summed E-state index contributed by atoms with van der Waals surface area (Å²) in [5, 5.41) is 5.89. The van der Waals surface area contributed by atoms with Gasteiger partial charge in [-0.15, -0.1) is 0 Å². The molecule has 0 radical (unpaired) electrons. The van der Waals surface area contributed by atoms with Gasteiger partial charge >= 0.3 is 0 Å². The van der Waals surface area contributed by atoms with Crippen LogP contribution in [0.3, 0.4) is 0 Å². The molecule has 15 aromatic rings. The maximum Gasteiger partial charge on any atom is 0.165 e. The van der Waals surface area contributed by atoms with E-state index in [9.17, 15) is 0 Å². The molecule has 0 saturated heterocycles. The number of para-hydroxylation sites is 4. The van der Waals surface area contributed by atoms with Crippen molar-refractivity contribution in [1.29, 1.82) is 0 Å². The molecule has 74 heavy (non-hydrogen) atoms. The highest BCUT2D eigenvalue weighted by Crippen LogP contribution is 2.45. The van der Waals surface area contributed by atoms with Gasteiger partial charge in [0.05, 0.1) is 33.0 Å². The Kier molecular flexibility index (Phi) is 9.40. The fourth-order valence-electron chi connectivity index (χ4n) is 11.2. The van der Waals surface area contributed by atoms with Gasteiger partial charge < -0.3 is 9.13 Å². The van der Waals surface area contributed by atoms with Gasteiger partial charge in [0, 0.05) is 66.5 Å². The predicted molar refractivity (Wildman–Crippen MR) is 302 cm³/mol. The summed E-state index contributed by atoms with van der Waals surface area (Å²) in [6.45, 7) is 0. The maximum absolute atomic E-state index is 5.71. The summed E-state index contributed by atoms with van der Waals surface area (Å²) in [6.07, 6.45) is 0. The fraction of sp³-hybridized carbons (Fsp3) is 0. The van der Waals surface area contributed by atoms with Crippen LogP contribution in [0.2, 0.25) is 0 Å². The minimum absolute atomic E-state index is 0.582. The Labute approximate surface area is 425 Å². The number of aromatic nitrogens is 8. The van der Waals surface area contributed by atoms with E-state index in [1.807, 2.05) is 60.7 Å². The molecule has 8 nitrogen and oxygen atoms in total. The van der Waals surface area contributed by atoms with E-state index >= 15 is 0 Å². The largest absolute Gasteiger partial charge is 0.309 e. The van der Waals surface area contributed by atoms with Crippen molar-refractivity contribution in [2.75, 3.05) is 0 Å². The molecule has 8 heteroatoms. The van der Waals surface area contributed by atoms with Crippen molar-refractivity contribution in [3.63, 3.8) is 0 Å². The van der Waals surface area contributed by atoms with Gasteiger partial charge in [-0.1, -0.05) is 182 Å². The van der Waals surface area contributed by atoms with Gasteiger partial charge in [0.15, 0.2) is 23.1 Å². The lowest BCUT2D eigenvalue weighted by molar-refractivity contribution is 1.07. The summed E-state index contributed by atoms with van der Waals surface area (Å²) in [7, 11) is 0. The molecular weight excluding hydrogens is 905 g/mol. The molecule has 346 valence electrons. The number of nitrogens with zero attached hydrogens (tertiary/aromatic N) is 8. The molecule has 0 aliphatic rings. The van der Waals surface area contributed by atoms with Crippen LogP contribution in [0.4, 0.5) is 0 Å². The zero-order chi connectivity index (χ0) is 48.7. The third-order valence-electron chi connectivity index (χ3n) is 14.4. The summed E-state index contributed by atoms with van der Waals surface area (Å²) in [5.74, 6) is 2.65. The molecule has 5 aromatic heterocycles. The zero-order valence-electron chi connectivity index (χ0n) is 39.8. The van der Waals surface area contributed by atoms with Gasteiger partial charge in [0.25, 0.3) is 0 Å². The van der Waals surface area contributed by atoms with E-state index in [2.05, 4.69) is 212 Å². The molecule has 15 rings (SSSR count). The quantitative estimate of drug-likeness (QED) is 0.152. The van der Waals surface area contributed by atoms with Gasteiger partial charge in [-0.3, -0.25) is 9.13 Å². The molecular formula is C66H42N8. The van der Waals surface area contributed by atoms with Crippen LogP contribution in [0.1, 0.15) is 0 Å². The standard InChI is InChI=1S/C66H42N8/c1-5-20-43(21-6-1)62-67-63(44-22-7-2-8-23-44)69-64(68-62)46-26-19-29-50(42-46)73-58-41-40-54-53-32-15-18-35-57(53)72(49-38-36-48(37-39-49)71-55-33-16-13-30-51(55)52-31-14-17-34-56(52)71)60(54)59(58)61-66(73)70-65(45-24-9-3-10-25-45)74(61)47-27-11-4-12-28-47/h1-42H. The van der Waals surface area contributed by atoms with Gasteiger partial charge in [0.2, 0.25) is 0 Å².